The van der Waals surface area contributed by atoms with Crippen molar-refractivity contribution in [1.29, 1.82) is 0 Å². The summed E-state index contributed by atoms with van der Waals surface area (Å²) in [6.07, 6.45) is 5.54. The first kappa shape index (κ1) is 14.3. The molecule has 1 saturated heterocycles. The lowest BCUT2D eigenvalue weighted by Crippen LogP contribution is -2.48. The van der Waals surface area contributed by atoms with Gasteiger partial charge in [-0.15, -0.1) is 0 Å². The molecule has 0 unspecified atom stereocenters. The molecule has 0 aromatic rings. The van der Waals surface area contributed by atoms with Gasteiger partial charge in [0.2, 0.25) is 5.91 Å². The maximum absolute atomic E-state index is 12.3. The smallest absolute Gasteiger partial charge is 0.310 e. The van der Waals surface area contributed by atoms with E-state index in [2.05, 4.69) is 5.32 Å². The van der Waals surface area contributed by atoms with Crippen LogP contribution in [0, 0.1) is 5.41 Å². The monoisotopic (exact) mass is 268 g/mol. The third kappa shape index (κ3) is 3.47. The van der Waals surface area contributed by atoms with Crippen LogP contribution in [0.4, 0.5) is 0 Å². The molecular formula is C14H24N2O3. The summed E-state index contributed by atoms with van der Waals surface area (Å²) < 4.78 is 0. The van der Waals surface area contributed by atoms with Crippen molar-refractivity contribution in [2.24, 2.45) is 5.41 Å². The molecule has 19 heavy (non-hydrogen) atoms. The van der Waals surface area contributed by atoms with Crippen molar-refractivity contribution >= 4 is 11.9 Å². The van der Waals surface area contributed by atoms with Crippen molar-refractivity contribution in [3.63, 3.8) is 0 Å². The van der Waals surface area contributed by atoms with E-state index in [1.54, 1.807) is 0 Å². The van der Waals surface area contributed by atoms with Crippen LogP contribution < -0.4 is 5.32 Å². The van der Waals surface area contributed by atoms with Gasteiger partial charge >= 0.3 is 5.97 Å². The Morgan fingerprint density at radius 2 is 1.63 bits per heavy atom. The average molecular weight is 268 g/mol. The number of nitrogens with one attached hydrogen (secondary N) is 1. The molecule has 2 N–H and O–H groups in total. The number of piperazine rings is 1. The topological polar surface area (TPSA) is 69.6 Å². The minimum Gasteiger partial charge on any atom is -0.481 e. The van der Waals surface area contributed by atoms with Crippen LogP contribution in [-0.2, 0) is 9.59 Å². The first-order valence-corrected chi connectivity index (χ1v) is 7.36. The maximum atomic E-state index is 12.3. The Labute approximate surface area is 114 Å². The fourth-order valence-corrected chi connectivity index (χ4v) is 3.19. The van der Waals surface area contributed by atoms with E-state index in [-0.39, 0.29) is 12.3 Å². The molecule has 0 radical (unpaired) electrons. The highest BCUT2D eigenvalue weighted by Crippen LogP contribution is 2.39. The van der Waals surface area contributed by atoms with Crippen molar-refractivity contribution < 1.29 is 14.7 Å². The van der Waals surface area contributed by atoms with Crippen molar-refractivity contribution in [2.75, 3.05) is 26.2 Å². The molecule has 1 heterocycles. The Bertz CT molecular complexity index is 330. The third-order valence-electron chi connectivity index (χ3n) is 4.47. The second-order valence-corrected chi connectivity index (χ2v) is 5.81. The Morgan fingerprint density at radius 1 is 1.05 bits per heavy atom. The number of carboxylic acids is 1. The van der Waals surface area contributed by atoms with Gasteiger partial charge in [0, 0.05) is 32.6 Å². The van der Waals surface area contributed by atoms with Crippen LogP contribution >= 0.6 is 0 Å². The molecule has 1 amide bonds. The van der Waals surface area contributed by atoms with Crippen LogP contribution in [0.2, 0.25) is 0 Å². The lowest BCUT2D eigenvalue weighted by atomic mass is 9.77. The van der Waals surface area contributed by atoms with Gasteiger partial charge in [0.25, 0.3) is 0 Å². The van der Waals surface area contributed by atoms with Gasteiger partial charge in [0.15, 0.2) is 0 Å². The van der Waals surface area contributed by atoms with Gasteiger partial charge in [-0.2, -0.15) is 0 Å². The summed E-state index contributed by atoms with van der Waals surface area (Å²) in [5.41, 5.74) is -0.807. The van der Waals surface area contributed by atoms with Gasteiger partial charge in [-0.1, -0.05) is 25.7 Å². The number of carboxylic acid groups (broad SMARTS) is 1. The van der Waals surface area contributed by atoms with E-state index in [4.69, 9.17) is 0 Å². The molecule has 0 bridgehead atoms. The molecule has 1 aliphatic heterocycles. The fourth-order valence-electron chi connectivity index (χ4n) is 3.19. The molecule has 108 valence electrons. The van der Waals surface area contributed by atoms with Crippen molar-refractivity contribution in [3.8, 4) is 0 Å². The average Bonchev–Trinajstić information content (AvgIpc) is 2.66. The second-order valence-electron chi connectivity index (χ2n) is 5.81. The highest BCUT2D eigenvalue weighted by molar-refractivity contribution is 5.85. The molecule has 5 heteroatoms. The van der Waals surface area contributed by atoms with Crippen molar-refractivity contribution in [3.05, 3.63) is 0 Å². The number of hydrogen-bond acceptors (Lipinski definition) is 3. The quantitative estimate of drug-likeness (QED) is 0.755. The zero-order valence-electron chi connectivity index (χ0n) is 11.5. The molecule has 1 saturated carbocycles. The zero-order valence-corrected chi connectivity index (χ0v) is 11.5. The van der Waals surface area contributed by atoms with Crippen LogP contribution in [0.25, 0.3) is 0 Å². The van der Waals surface area contributed by atoms with Crippen LogP contribution in [0.3, 0.4) is 0 Å². The summed E-state index contributed by atoms with van der Waals surface area (Å²) in [6, 6.07) is 0. The predicted octanol–water partition coefficient (Wildman–Crippen LogP) is 1.23. The van der Waals surface area contributed by atoms with E-state index in [9.17, 15) is 14.7 Å². The summed E-state index contributed by atoms with van der Waals surface area (Å²) in [5, 5.41) is 12.8. The van der Waals surface area contributed by atoms with Gasteiger partial charge in [0.05, 0.1) is 5.41 Å². The maximum Gasteiger partial charge on any atom is 0.310 e. The Hall–Kier alpha value is -1.10. The van der Waals surface area contributed by atoms with Crippen LogP contribution in [0.1, 0.15) is 44.9 Å². The number of hydrogen-bond donors (Lipinski definition) is 2. The first-order chi connectivity index (χ1) is 9.14. The molecule has 2 rings (SSSR count). The molecular weight excluding hydrogens is 244 g/mol. The Kier molecular flexibility index (Phi) is 4.80. The number of carbonyl (C=O) groups excluding carboxylic acids is 1. The Balaban J connectivity index is 2.02. The first-order valence-electron chi connectivity index (χ1n) is 7.36. The lowest BCUT2D eigenvalue weighted by molar-refractivity contribution is -0.155. The van der Waals surface area contributed by atoms with Crippen molar-refractivity contribution in [1.82, 2.24) is 10.2 Å². The van der Waals surface area contributed by atoms with E-state index in [0.29, 0.717) is 25.9 Å². The number of nitrogens with zero attached hydrogens (tertiary/aromatic N) is 1. The SMILES string of the molecule is O=C(CC1(C(=O)O)CCCCCC1)N1CCNCC1. The van der Waals surface area contributed by atoms with Gasteiger partial charge < -0.3 is 15.3 Å². The molecule has 2 fully saturated rings. The molecule has 0 aromatic heterocycles. The summed E-state index contributed by atoms with van der Waals surface area (Å²) in [6.45, 7) is 3.03. The Morgan fingerprint density at radius 3 is 2.16 bits per heavy atom. The fraction of sp³-hybridized carbons (Fsp3) is 0.857. The van der Waals surface area contributed by atoms with Crippen LogP contribution in [0.5, 0.6) is 0 Å². The summed E-state index contributed by atoms with van der Waals surface area (Å²) in [7, 11) is 0. The van der Waals surface area contributed by atoms with E-state index in [1.807, 2.05) is 4.90 Å². The summed E-state index contributed by atoms with van der Waals surface area (Å²) in [5.74, 6) is -0.760. The standard InChI is InChI=1S/C14H24N2O3/c17-12(16-9-7-15-8-10-16)11-14(13(18)19)5-3-1-2-4-6-14/h15H,1-11H2,(H,18,19). The van der Waals surface area contributed by atoms with Gasteiger partial charge in [-0.3, -0.25) is 9.59 Å². The van der Waals surface area contributed by atoms with Gasteiger partial charge in [0.1, 0.15) is 0 Å². The number of aliphatic carboxylic acids is 1. The van der Waals surface area contributed by atoms with E-state index in [1.165, 1.54) is 0 Å². The highest BCUT2D eigenvalue weighted by atomic mass is 16.4. The minimum absolute atomic E-state index is 0.0193. The zero-order chi connectivity index (χ0) is 13.7. The normalized spacial score (nSPS) is 23.7. The van der Waals surface area contributed by atoms with Crippen LogP contribution in [-0.4, -0.2) is 48.1 Å². The van der Waals surface area contributed by atoms with Crippen molar-refractivity contribution in [2.45, 2.75) is 44.9 Å². The van der Waals surface area contributed by atoms with E-state index in [0.717, 1.165) is 38.8 Å². The summed E-state index contributed by atoms with van der Waals surface area (Å²) in [4.78, 5) is 25.8. The largest absolute Gasteiger partial charge is 0.481 e. The predicted molar refractivity (Wildman–Crippen MR) is 71.8 cm³/mol. The molecule has 1 aliphatic carbocycles. The minimum atomic E-state index is -0.807. The van der Waals surface area contributed by atoms with E-state index >= 15 is 0 Å². The number of carbonyl (C=O) groups is 2. The van der Waals surface area contributed by atoms with Crippen LogP contribution in [0.15, 0.2) is 0 Å². The third-order valence-corrected chi connectivity index (χ3v) is 4.47. The molecule has 0 spiro atoms. The molecule has 2 aliphatic rings. The van der Waals surface area contributed by atoms with Gasteiger partial charge in [-0.05, 0) is 12.8 Å². The second kappa shape index (κ2) is 6.37. The van der Waals surface area contributed by atoms with E-state index < -0.39 is 11.4 Å². The molecule has 0 atom stereocenters. The molecule has 0 aromatic carbocycles. The van der Waals surface area contributed by atoms with Gasteiger partial charge in [-0.25, -0.2) is 0 Å². The lowest BCUT2D eigenvalue weighted by Gasteiger charge is -2.33. The highest BCUT2D eigenvalue weighted by Gasteiger charge is 2.41. The summed E-state index contributed by atoms with van der Waals surface area (Å²) >= 11 is 0. The number of amides is 1. The molecule has 5 nitrogen and oxygen atoms in total. The number of rotatable bonds is 3.